The van der Waals surface area contributed by atoms with E-state index in [2.05, 4.69) is 0 Å². The zero-order chi connectivity index (χ0) is 25.4. The van der Waals surface area contributed by atoms with Crippen LogP contribution in [0.25, 0.3) is 10.8 Å². The molecular formula is C25H20ClF2NO6. The van der Waals surface area contributed by atoms with Crippen LogP contribution in [0.1, 0.15) is 52.5 Å². The maximum absolute atomic E-state index is 13.5. The second-order valence-electron chi connectivity index (χ2n) is 7.72. The number of imide groups is 1. The van der Waals surface area contributed by atoms with Gasteiger partial charge in [-0.3, -0.25) is 14.4 Å². The first-order valence-corrected chi connectivity index (χ1v) is 11.2. The number of anilines is 1. The number of carbonyl (C=O) groups is 3. The Hall–Kier alpha value is -3.72. The molecule has 4 rings (SSSR count). The first-order chi connectivity index (χ1) is 16.7. The van der Waals surface area contributed by atoms with Crippen LogP contribution < -0.4 is 14.4 Å². The normalized spacial score (nSPS) is 13.9. The molecule has 0 saturated heterocycles. The number of nitrogens with zero attached hydrogens (tertiary/aromatic N) is 1. The second kappa shape index (κ2) is 9.50. The fourth-order valence-electron chi connectivity index (χ4n) is 4.30. The molecule has 1 heterocycles. The Morgan fingerprint density at radius 2 is 1.63 bits per heavy atom. The summed E-state index contributed by atoms with van der Waals surface area (Å²) >= 11 is 6.40. The van der Waals surface area contributed by atoms with Crippen molar-refractivity contribution in [3.63, 3.8) is 0 Å². The van der Waals surface area contributed by atoms with Crippen LogP contribution in [0.3, 0.4) is 0 Å². The van der Waals surface area contributed by atoms with Gasteiger partial charge in [0.15, 0.2) is 0 Å². The molecule has 10 heteroatoms. The highest BCUT2D eigenvalue weighted by molar-refractivity contribution is 6.41. The van der Waals surface area contributed by atoms with Gasteiger partial charge in [0.25, 0.3) is 11.8 Å². The molecule has 0 radical (unpaired) electrons. The number of benzene rings is 3. The fourth-order valence-corrected chi connectivity index (χ4v) is 4.57. The molecule has 1 aliphatic heterocycles. The van der Waals surface area contributed by atoms with Gasteiger partial charge in [-0.25, -0.2) is 4.90 Å². The van der Waals surface area contributed by atoms with Gasteiger partial charge in [0, 0.05) is 10.8 Å². The maximum Gasteiger partial charge on any atom is 0.387 e. The quantitative estimate of drug-likeness (QED) is 0.386. The number of carboxylic acid groups (broad SMARTS) is 1. The fraction of sp³-hybridized carbons (Fsp3) is 0.240. The van der Waals surface area contributed by atoms with Crippen molar-refractivity contribution in [1.82, 2.24) is 0 Å². The van der Waals surface area contributed by atoms with Crippen LogP contribution in [0.15, 0.2) is 42.5 Å². The lowest BCUT2D eigenvalue weighted by Gasteiger charge is -2.18. The molecule has 0 bridgehead atoms. The van der Waals surface area contributed by atoms with Crippen LogP contribution in [0, 0.1) is 0 Å². The van der Waals surface area contributed by atoms with Crippen LogP contribution >= 0.6 is 11.6 Å². The zero-order valence-electron chi connectivity index (χ0n) is 18.7. The molecule has 0 spiro atoms. The first-order valence-electron chi connectivity index (χ1n) is 10.8. The van der Waals surface area contributed by atoms with Gasteiger partial charge in [0.2, 0.25) is 0 Å². The highest BCUT2D eigenvalue weighted by atomic mass is 35.5. The molecule has 3 aromatic carbocycles. The molecule has 0 fully saturated rings. The Morgan fingerprint density at radius 3 is 2.14 bits per heavy atom. The van der Waals surface area contributed by atoms with Crippen molar-refractivity contribution in [1.29, 1.82) is 0 Å². The van der Waals surface area contributed by atoms with Crippen molar-refractivity contribution in [2.24, 2.45) is 0 Å². The topological polar surface area (TPSA) is 93.1 Å². The number of carbonyl (C=O) groups excluding carboxylic acids is 2. The summed E-state index contributed by atoms with van der Waals surface area (Å²) in [5, 5.41) is 9.90. The summed E-state index contributed by atoms with van der Waals surface area (Å²) < 4.78 is 37.2. The molecule has 1 aliphatic rings. The minimum absolute atomic E-state index is 0.0173. The second-order valence-corrected chi connectivity index (χ2v) is 8.13. The minimum atomic E-state index is -3.25. The average molecular weight is 504 g/mol. The lowest BCUT2D eigenvalue weighted by atomic mass is 9.96. The van der Waals surface area contributed by atoms with Gasteiger partial charge in [-0.2, -0.15) is 8.78 Å². The van der Waals surface area contributed by atoms with Gasteiger partial charge in [-0.1, -0.05) is 48.9 Å². The van der Waals surface area contributed by atoms with E-state index in [1.165, 1.54) is 24.3 Å². The Morgan fingerprint density at radius 1 is 1.03 bits per heavy atom. The molecule has 0 aromatic heterocycles. The number of amides is 2. The third-order valence-corrected chi connectivity index (χ3v) is 6.07. The van der Waals surface area contributed by atoms with E-state index in [0.29, 0.717) is 17.4 Å². The molecule has 1 atom stereocenters. The Balaban J connectivity index is 1.93. The highest BCUT2D eigenvalue weighted by Crippen LogP contribution is 2.47. The van der Waals surface area contributed by atoms with E-state index in [1.54, 1.807) is 32.0 Å². The van der Waals surface area contributed by atoms with E-state index >= 15 is 0 Å². The van der Waals surface area contributed by atoms with Crippen molar-refractivity contribution >= 4 is 45.8 Å². The standard InChI is InChI=1S/C25H20ClF2NO6/c1-3-13(24(32)33)12-9-10-17(16(26)11-12)29-22(30)18-19(23(29)31)21(35-25(27)28)15-8-6-5-7-14(15)20(18)34-4-2/h5-11,13,25H,3-4H2,1-2H3,(H,32,33). The summed E-state index contributed by atoms with van der Waals surface area (Å²) in [5.41, 5.74) is -0.179. The Labute approximate surface area is 203 Å². The van der Waals surface area contributed by atoms with Gasteiger partial charge in [0.05, 0.1) is 34.4 Å². The van der Waals surface area contributed by atoms with Crippen molar-refractivity contribution < 1.29 is 37.7 Å². The Kier molecular flexibility index (Phi) is 6.62. The molecule has 7 nitrogen and oxygen atoms in total. The lowest BCUT2D eigenvalue weighted by molar-refractivity contribution is -0.138. The van der Waals surface area contributed by atoms with Crippen LogP contribution in [-0.4, -0.2) is 36.1 Å². The van der Waals surface area contributed by atoms with E-state index in [9.17, 15) is 28.3 Å². The summed E-state index contributed by atoms with van der Waals surface area (Å²) in [6.45, 7) is 0.291. The maximum atomic E-state index is 13.5. The molecule has 1 N–H and O–H groups in total. The molecule has 2 amide bonds. The van der Waals surface area contributed by atoms with Gasteiger partial charge in [0.1, 0.15) is 11.5 Å². The van der Waals surface area contributed by atoms with Gasteiger partial charge < -0.3 is 14.6 Å². The van der Waals surface area contributed by atoms with E-state index in [0.717, 1.165) is 4.90 Å². The number of halogens is 3. The summed E-state index contributed by atoms with van der Waals surface area (Å²) in [6, 6.07) is 10.5. The monoisotopic (exact) mass is 503 g/mol. The summed E-state index contributed by atoms with van der Waals surface area (Å²) in [6.07, 6.45) is 0.302. The van der Waals surface area contributed by atoms with E-state index < -0.39 is 36.1 Å². The van der Waals surface area contributed by atoms with Crippen LogP contribution in [0.4, 0.5) is 14.5 Å². The van der Waals surface area contributed by atoms with Crippen molar-refractivity contribution in [3.8, 4) is 11.5 Å². The third-order valence-electron chi connectivity index (χ3n) is 5.77. The number of rotatable bonds is 8. The molecule has 3 aromatic rings. The smallest absolute Gasteiger partial charge is 0.387 e. The molecular weight excluding hydrogens is 484 g/mol. The summed E-state index contributed by atoms with van der Waals surface area (Å²) in [4.78, 5) is 39.4. The van der Waals surface area contributed by atoms with Crippen molar-refractivity contribution in [2.75, 3.05) is 11.5 Å². The number of carboxylic acids is 1. The van der Waals surface area contributed by atoms with Crippen molar-refractivity contribution in [2.45, 2.75) is 32.8 Å². The number of fused-ring (bicyclic) bond motifs is 2. The lowest BCUT2D eigenvalue weighted by Crippen LogP contribution is -2.30. The van der Waals surface area contributed by atoms with E-state index in [1.807, 2.05) is 0 Å². The van der Waals surface area contributed by atoms with Crippen LogP contribution in [0.2, 0.25) is 5.02 Å². The predicted octanol–water partition coefficient (Wildman–Crippen LogP) is 5.87. The third kappa shape index (κ3) is 4.05. The summed E-state index contributed by atoms with van der Waals surface area (Å²) in [5.74, 6) is -3.96. The number of alkyl halides is 2. The van der Waals surface area contributed by atoms with Gasteiger partial charge in [-0.15, -0.1) is 0 Å². The Bertz CT molecular complexity index is 1360. The largest absolute Gasteiger partial charge is 0.492 e. The molecule has 0 aliphatic carbocycles. The van der Waals surface area contributed by atoms with Gasteiger partial charge in [-0.05, 0) is 31.0 Å². The molecule has 182 valence electrons. The first kappa shape index (κ1) is 24.4. The average Bonchev–Trinajstić information content (AvgIpc) is 3.06. The SMILES string of the molecule is CCOc1c2c(c(OC(F)F)c3ccccc13)C(=O)N(c1ccc(C(CC)C(=O)O)cc1Cl)C2=O. The molecule has 35 heavy (non-hydrogen) atoms. The molecule has 1 unspecified atom stereocenters. The van der Waals surface area contributed by atoms with E-state index in [-0.39, 0.29) is 39.6 Å². The highest BCUT2D eigenvalue weighted by Gasteiger charge is 2.44. The predicted molar refractivity (Wildman–Crippen MR) is 125 cm³/mol. The zero-order valence-corrected chi connectivity index (χ0v) is 19.4. The number of aliphatic carboxylic acids is 1. The number of hydrogen-bond donors (Lipinski definition) is 1. The number of ether oxygens (including phenoxy) is 2. The van der Waals surface area contributed by atoms with Crippen LogP contribution in [-0.2, 0) is 4.79 Å². The molecule has 0 saturated carbocycles. The van der Waals surface area contributed by atoms with Crippen molar-refractivity contribution in [3.05, 3.63) is 64.2 Å². The van der Waals surface area contributed by atoms with Crippen LogP contribution in [0.5, 0.6) is 11.5 Å². The number of hydrogen-bond acceptors (Lipinski definition) is 5. The minimum Gasteiger partial charge on any atom is -0.492 e. The summed E-state index contributed by atoms with van der Waals surface area (Å²) in [7, 11) is 0. The van der Waals surface area contributed by atoms with E-state index in [4.69, 9.17) is 21.1 Å². The van der Waals surface area contributed by atoms with Gasteiger partial charge >= 0.3 is 12.6 Å².